The lowest BCUT2D eigenvalue weighted by atomic mass is 9.96. The number of carbonyl (C=O) groups excluding carboxylic acids is 2. The Kier molecular flexibility index (Phi) is 6.97. The highest BCUT2D eigenvalue weighted by Crippen LogP contribution is 2.34. The molecule has 196 valence electrons. The molecule has 1 aliphatic heterocycles. The first-order valence-electron chi connectivity index (χ1n) is 13.0. The number of rotatable bonds is 7. The average molecular weight is 527 g/mol. The molecule has 6 rings (SSSR count). The van der Waals surface area contributed by atoms with Crippen molar-refractivity contribution >= 4 is 39.9 Å². The van der Waals surface area contributed by atoms with Crippen LogP contribution in [0.5, 0.6) is 11.5 Å². The molecule has 0 unspecified atom stereocenters. The SMILES string of the molecule is O=C(NCc1ccccc1)/C(=C\c1ccc2c(c1)OCO2)c1ccccc1C(=O)Nc1cccc2ccccc12. The molecule has 1 heterocycles. The third-order valence-electron chi connectivity index (χ3n) is 6.75. The topological polar surface area (TPSA) is 76.7 Å². The molecule has 0 bridgehead atoms. The van der Waals surface area contributed by atoms with Gasteiger partial charge in [0, 0.05) is 28.8 Å². The van der Waals surface area contributed by atoms with Crippen molar-refractivity contribution in [3.8, 4) is 11.5 Å². The van der Waals surface area contributed by atoms with E-state index in [1.165, 1.54) is 0 Å². The fourth-order valence-electron chi connectivity index (χ4n) is 4.75. The Morgan fingerprint density at radius 1 is 0.725 bits per heavy atom. The lowest BCUT2D eigenvalue weighted by molar-refractivity contribution is -0.115. The minimum atomic E-state index is -0.306. The van der Waals surface area contributed by atoms with Crippen LogP contribution in [0.15, 0.2) is 115 Å². The zero-order valence-electron chi connectivity index (χ0n) is 21.6. The van der Waals surface area contributed by atoms with Crippen molar-refractivity contribution in [2.24, 2.45) is 0 Å². The van der Waals surface area contributed by atoms with Crippen molar-refractivity contribution in [3.05, 3.63) is 138 Å². The summed E-state index contributed by atoms with van der Waals surface area (Å²) < 4.78 is 11.0. The Balaban J connectivity index is 1.37. The number of anilines is 1. The standard InChI is InChI=1S/C34H26N2O4/c37-33(35-21-23-9-2-1-3-10-23)29(19-24-17-18-31-32(20-24)40-22-39-31)27-14-6-7-15-28(27)34(38)36-30-16-8-12-25-11-4-5-13-26(25)30/h1-20H,21-22H2,(H,35,37)(H,36,38)/b29-19-. The van der Waals surface area contributed by atoms with Gasteiger partial charge in [-0.25, -0.2) is 0 Å². The molecule has 0 saturated carbocycles. The van der Waals surface area contributed by atoms with E-state index in [-0.39, 0.29) is 18.6 Å². The quantitative estimate of drug-likeness (QED) is 0.183. The van der Waals surface area contributed by atoms with Crippen molar-refractivity contribution in [1.82, 2.24) is 5.32 Å². The van der Waals surface area contributed by atoms with Gasteiger partial charge in [0.05, 0.1) is 0 Å². The van der Waals surface area contributed by atoms with Gasteiger partial charge in [0.2, 0.25) is 6.79 Å². The Bertz CT molecular complexity index is 1740. The molecule has 0 saturated heterocycles. The van der Waals surface area contributed by atoms with Crippen molar-refractivity contribution in [2.75, 3.05) is 12.1 Å². The number of carbonyl (C=O) groups is 2. The summed E-state index contributed by atoms with van der Waals surface area (Å²) in [6.07, 6.45) is 1.77. The maximum absolute atomic E-state index is 13.7. The Morgan fingerprint density at radius 3 is 2.33 bits per heavy atom. The molecular weight excluding hydrogens is 500 g/mol. The molecule has 0 aliphatic carbocycles. The van der Waals surface area contributed by atoms with E-state index in [9.17, 15) is 9.59 Å². The fraction of sp³-hybridized carbons (Fsp3) is 0.0588. The Hall–Kier alpha value is -5.36. The normalized spacial score (nSPS) is 12.2. The second-order valence-electron chi connectivity index (χ2n) is 9.37. The van der Waals surface area contributed by atoms with E-state index in [4.69, 9.17) is 9.47 Å². The van der Waals surface area contributed by atoms with E-state index in [0.717, 1.165) is 21.9 Å². The van der Waals surface area contributed by atoms with Crippen molar-refractivity contribution in [3.63, 3.8) is 0 Å². The number of hydrogen-bond acceptors (Lipinski definition) is 4. The van der Waals surface area contributed by atoms with E-state index in [1.807, 2.05) is 97.1 Å². The van der Waals surface area contributed by atoms with E-state index in [2.05, 4.69) is 10.6 Å². The van der Waals surface area contributed by atoms with Crippen LogP contribution in [-0.4, -0.2) is 18.6 Å². The third-order valence-corrected chi connectivity index (χ3v) is 6.75. The zero-order chi connectivity index (χ0) is 27.3. The number of fused-ring (bicyclic) bond motifs is 2. The second-order valence-corrected chi connectivity index (χ2v) is 9.37. The molecule has 6 nitrogen and oxygen atoms in total. The summed E-state index contributed by atoms with van der Waals surface area (Å²) in [5.74, 6) is 0.660. The molecule has 0 spiro atoms. The van der Waals surface area contributed by atoms with Gasteiger partial charge >= 0.3 is 0 Å². The largest absolute Gasteiger partial charge is 0.454 e. The number of ether oxygens (including phenoxy) is 2. The molecule has 0 fully saturated rings. The highest BCUT2D eigenvalue weighted by atomic mass is 16.7. The molecule has 40 heavy (non-hydrogen) atoms. The Morgan fingerprint density at radius 2 is 1.45 bits per heavy atom. The smallest absolute Gasteiger partial charge is 0.256 e. The summed E-state index contributed by atoms with van der Waals surface area (Å²) in [5, 5.41) is 8.03. The maximum Gasteiger partial charge on any atom is 0.256 e. The van der Waals surface area contributed by atoms with Gasteiger partial charge in [-0.15, -0.1) is 0 Å². The predicted molar refractivity (Wildman–Crippen MR) is 157 cm³/mol. The van der Waals surface area contributed by atoms with Gasteiger partial charge in [-0.1, -0.05) is 91.0 Å². The first-order valence-corrected chi connectivity index (χ1v) is 13.0. The van der Waals surface area contributed by atoms with E-state index >= 15 is 0 Å². The molecule has 0 radical (unpaired) electrons. The van der Waals surface area contributed by atoms with Crippen molar-refractivity contribution < 1.29 is 19.1 Å². The minimum absolute atomic E-state index is 0.157. The van der Waals surface area contributed by atoms with Gasteiger partial charge in [-0.2, -0.15) is 0 Å². The lowest BCUT2D eigenvalue weighted by Gasteiger charge is -2.15. The summed E-state index contributed by atoms with van der Waals surface area (Å²) in [6, 6.07) is 36.0. The van der Waals surface area contributed by atoms with Gasteiger partial charge < -0.3 is 20.1 Å². The summed E-state index contributed by atoms with van der Waals surface area (Å²) in [7, 11) is 0. The highest BCUT2D eigenvalue weighted by molar-refractivity contribution is 6.27. The first-order chi connectivity index (χ1) is 19.7. The van der Waals surface area contributed by atoms with Gasteiger partial charge in [0.15, 0.2) is 11.5 Å². The van der Waals surface area contributed by atoms with Gasteiger partial charge in [0.25, 0.3) is 11.8 Å². The molecule has 0 atom stereocenters. The van der Waals surface area contributed by atoms with Crippen LogP contribution in [-0.2, 0) is 11.3 Å². The molecule has 2 amide bonds. The van der Waals surface area contributed by atoms with Crippen LogP contribution in [0.3, 0.4) is 0 Å². The summed E-state index contributed by atoms with van der Waals surface area (Å²) >= 11 is 0. The van der Waals surface area contributed by atoms with Crippen LogP contribution < -0.4 is 20.1 Å². The molecule has 5 aromatic carbocycles. The average Bonchev–Trinajstić information content (AvgIpc) is 3.47. The maximum atomic E-state index is 13.7. The third kappa shape index (κ3) is 5.28. The van der Waals surface area contributed by atoms with E-state index in [1.54, 1.807) is 24.3 Å². The van der Waals surface area contributed by atoms with Gasteiger partial charge in [-0.3, -0.25) is 9.59 Å². The number of hydrogen-bond donors (Lipinski definition) is 2. The summed E-state index contributed by atoms with van der Waals surface area (Å²) in [4.78, 5) is 27.4. The van der Waals surface area contributed by atoms with Crippen LogP contribution in [0.1, 0.15) is 27.0 Å². The van der Waals surface area contributed by atoms with Crippen LogP contribution in [0, 0.1) is 0 Å². The van der Waals surface area contributed by atoms with Crippen molar-refractivity contribution in [1.29, 1.82) is 0 Å². The Labute approximate surface area is 231 Å². The number of benzene rings is 5. The van der Waals surface area contributed by atoms with Gasteiger partial charge in [0.1, 0.15) is 0 Å². The molecule has 0 aromatic heterocycles. The summed E-state index contributed by atoms with van der Waals surface area (Å²) in [6.45, 7) is 0.507. The molecule has 2 N–H and O–H groups in total. The molecule has 1 aliphatic rings. The fourth-order valence-corrected chi connectivity index (χ4v) is 4.75. The monoisotopic (exact) mass is 526 g/mol. The van der Waals surface area contributed by atoms with E-state index in [0.29, 0.717) is 40.4 Å². The highest BCUT2D eigenvalue weighted by Gasteiger charge is 2.21. The first kappa shape index (κ1) is 24.9. The molecule has 5 aromatic rings. The van der Waals surface area contributed by atoms with Crippen molar-refractivity contribution in [2.45, 2.75) is 6.54 Å². The van der Waals surface area contributed by atoms with E-state index < -0.39 is 0 Å². The minimum Gasteiger partial charge on any atom is -0.454 e. The van der Waals surface area contributed by atoms with Crippen LogP contribution in [0.25, 0.3) is 22.4 Å². The van der Waals surface area contributed by atoms with Crippen LogP contribution >= 0.6 is 0 Å². The zero-order valence-corrected chi connectivity index (χ0v) is 21.6. The second kappa shape index (κ2) is 11.2. The summed E-state index contributed by atoms with van der Waals surface area (Å²) in [5.41, 5.74) is 3.69. The van der Waals surface area contributed by atoms with Gasteiger partial charge in [-0.05, 0) is 52.4 Å². The van der Waals surface area contributed by atoms with Crippen LogP contribution in [0.2, 0.25) is 0 Å². The number of amides is 2. The number of nitrogens with one attached hydrogen (secondary N) is 2. The lowest BCUT2D eigenvalue weighted by Crippen LogP contribution is -2.25. The van der Waals surface area contributed by atoms with Crippen LogP contribution in [0.4, 0.5) is 5.69 Å². The predicted octanol–water partition coefficient (Wildman–Crippen LogP) is 6.68. The molecular formula is C34H26N2O4. The molecule has 6 heteroatoms.